The molecule has 0 aromatic carbocycles. The number of sulfone groups is 1. The first kappa shape index (κ1) is 16.6. The van der Waals surface area contributed by atoms with Gasteiger partial charge in [-0.3, -0.25) is 0 Å². The molecule has 0 saturated heterocycles. The van der Waals surface area contributed by atoms with E-state index in [1.807, 2.05) is 19.9 Å². The molecule has 8 heteroatoms. The van der Waals surface area contributed by atoms with Crippen molar-refractivity contribution < 1.29 is 13.5 Å². The van der Waals surface area contributed by atoms with Gasteiger partial charge in [-0.2, -0.15) is 10.2 Å². The second-order valence-corrected chi connectivity index (χ2v) is 8.17. The molecule has 2 rings (SSSR count). The van der Waals surface area contributed by atoms with Gasteiger partial charge in [0.1, 0.15) is 17.5 Å². The Labute approximate surface area is 130 Å². The number of nitriles is 1. The fraction of sp³-hybridized carbons (Fsp3) is 0.643. The van der Waals surface area contributed by atoms with Crippen LogP contribution in [0.2, 0.25) is 0 Å². The Kier molecular flexibility index (Phi) is 4.40. The molecule has 2 atom stereocenters. The Morgan fingerprint density at radius 3 is 2.73 bits per heavy atom. The third-order valence-electron chi connectivity index (χ3n) is 4.26. The monoisotopic (exact) mass is 324 g/mol. The topological polar surface area (TPSA) is 116 Å². The van der Waals surface area contributed by atoms with E-state index < -0.39 is 21.4 Å². The highest BCUT2D eigenvalue weighted by atomic mass is 32.2. The average molecular weight is 324 g/mol. The number of anilines is 1. The summed E-state index contributed by atoms with van der Waals surface area (Å²) in [6.45, 7) is 3.89. The molecular weight excluding hydrogens is 304 g/mol. The first-order valence-electron chi connectivity index (χ1n) is 7.08. The van der Waals surface area contributed by atoms with Crippen molar-refractivity contribution in [3.8, 4) is 6.07 Å². The van der Waals surface area contributed by atoms with E-state index in [0.29, 0.717) is 0 Å². The summed E-state index contributed by atoms with van der Waals surface area (Å²) in [6.07, 6.45) is 4.17. The normalized spacial score (nSPS) is 24.5. The van der Waals surface area contributed by atoms with E-state index in [-0.39, 0.29) is 22.6 Å². The number of aliphatic hydroxyl groups excluding tert-OH is 1. The first-order chi connectivity index (χ1) is 10.2. The molecule has 0 spiro atoms. The molecule has 1 aliphatic carbocycles. The number of nitrogens with one attached hydrogen (secondary N) is 1. The Morgan fingerprint density at radius 1 is 1.45 bits per heavy atom. The summed E-state index contributed by atoms with van der Waals surface area (Å²) < 4.78 is 23.2. The minimum atomic E-state index is -3.55. The van der Waals surface area contributed by atoms with Crippen molar-refractivity contribution in [1.82, 2.24) is 9.97 Å². The summed E-state index contributed by atoms with van der Waals surface area (Å²) in [5.41, 5.74) is -0.218. The van der Waals surface area contributed by atoms with Gasteiger partial charge in [-0.1, -0.05) is 13.8 Å². The van der Waals surface area contributed by atoms with Crippen LogP contribution < -0.4 is 5.32 Å². The number of nitrogens with zero attached hydrogens (tertiary/aromatic N) is 3. The number of aromatic nitrogens is 2. The molecule has 7 nitrogen and oxygen atoms in total. The summed E-state index contributed by atoms with van der Waals surface area (Å²) in [5, 5.41) is 22.1. The van der Waals surface area contributed by atoms with E-state index in [1.54, 1.807) is 0 Å². The van der Waals surface area contributed by atoms with Crippen LogP contribution in [-0.4, -0.2) is 41.9 Å². The highest BCUT2D eigenvalue weighted by Gasteiger charge is 2.39. The smallest absolute Gasteiger partial charge is 0.248 e. The zero-order chi connectivity index (χ0) is 16.5. The van der Waals surface area contributed by atoms with Crippen LogP contribution in [0, 0.1) is 16.7 Å². The molecule has 1 aromatic rings. The second-order valence-electron chi connectivity index (χ2n) is 6.26. The molecule has 1 fully saturated rings. The fourth-order valence-electron chi connectivity index (χ4n) is 2.65. The highest BCUT2D eigenvalue weighted by molar-refractivity contribution is 7.90. The molecule has 1 aliphatic rings. The molecule has 1 aromatic heterocycles. The van der Waals surface area contributed by atoms with E-state index in [4.69, 9.17) is 5.26 Å². The summed E-state index contributed by atoms with van der Waals surface area (Å²) in [7, 11) is -3.55. The molecular formula is C14H20N4O3S. The third-order valence-corrected chi connectivity index (χ3v) is 5.12. The number of hydrogen-bond acceptors (Lipinski definition) is 7. The maximum absolute atomic E-state index is 11.6. The lowest BCUT2D eigenvalue weighted by atomic mass is 9.71. The van der Waals surface area contributed by atoms with Gasteiger partial charge >= 0.3 is 0 Å². The van der Waals surface area contributed by atoms with Crippen molar-refractivity contribution in [2.75, 3.05) is 11.6 Å². The van der Waals surface area contributed by atoms with E-state index in [2.05, 4.69) is 15.3 Å². The van der Waals surface area contributed by atoms with Crippen molar-refractivity contribution in [3.05, 3.63) is 11.8 Å². The van der Waals surface area contributed by atoms with Crippen LogP contribution in [-0.2, 0) is 9.84 Å². The van der Waals surface area contributed by atoms with Crippen molar-refractivity contribution in [3.63, 3.8) is 0 Å². The van der Waals surface area contributed by atoms with Crippen LogP contribution >= 0.6 is 0 Å². The summed E-state index contributed by atoms with van der Waals surface area (Å²) in [4.78, 5) is 7.70. The Balaban J connectivity index is 2.38. The molecule has 1 saturated carbocycles. The predicted molar refractivity (Wildman–Crippen MR) is 80.9 cm³/mol. The van der Waals surface area contributed by atoms with Gasteiger partial charge in [0.25, 0.3) is 0 Å². The van der Waals surface area contributed by atoms with E-state index in [0.717, 1.165) is 25.5 Å². The van der Waals surface area contributed by atoms with Gasteiger partial charge < -0.3 is 10.4 Å². The summed E-state index contributed by atoms with van der Waals surface area (Å²) in [6, 6.07) is 1.85. The maximum atomic E-state index is 11.6. The van der Waals surface area contributed by atoms with Crippen LogP contribution in [0.1, 0.15) is 38.7 Å². The van der Waals surface area contributed by atoms with Crippen molar-refractivity contribution in [2.24, 2.45) is 5.41 Å². The largest absolute Gasteiger partial charge is 0.392 e. The molecule has 0 amide bonds. The van der Waals surface area contributed by atoms with Gasteiger partial charge in [-0.05, 0) is 19.3 Å². The van der Waals surface area contributed by atoms with Gasteiger partial charge in [0.2, 0.25) is 15.0 Å². The highest BCUT2D eigenvalue weighted by Crippen LogP contribution is 2.37. The molecule has 2 N–H and O–H groups in total. The second kappa shape index (κ2) is 5.82. The Bertz CT molecular complexity index is 709. The lowest BCUT2D eigenvalue weighted by Crippen LogP contribution is -2.48. The molecule has 22 heavy (non-hydrogen) atoms. The SMILES string of the molecule is CC1(C)[C@@H](Nc2nc(S(C)(=O)=O)ncc2C#N)CCC[C@@H]1O. The molecule has 0 unspecified atom stereocenters. The Morgan fingerprint density at radius 2 is 2.14 bits per heavy atom. The van der Waals surface area contributed by atoms with E-state index >= 15 is 0 Å². The standard InChI is InChI=1S/C14H20N4O3S/c1-14(2)10(5-4-6-11(14)19)17-12-9(7-15)8-16-13(18-12)22(3,20)21/h8,10-11,19H,4-6H2,1-3H3,(H,16,17,18)/t10-,11-/m0/s1. The maximum Gasteiger partial charge on any atom is 0.248 e. The molecule has 120 valence electrons. The van der Waals surface area contributed by atoms with Crippen LogP contribution in [0.15, 0.2) is 11.4 Å². The quantitative estimate of drug-likeness (QED) is 0.800. The number of hydrogen-bond donors (Lipinski definition) is 2. The van der Waals surface area contributed by atoms with Crippen molar-refractivity contribution >= 4 is 15.7 Å². The minimum absolute atomic E-state index is 0.106. The third kappa shape index (κ3) is 3.20. The fourth-order valence-corrected chi connectivity index (χ4v) is 3.15. The van der Waals surface area contributed by atoms with Crippen molar-refractivity contribution in [2.45, 2.75) is 50.4 Å². The van der Waals surface area contributed by atoms with Crippen LogP contribution in [0.3, 0.4) is 0 Å². The molecule has 0 bridgehead atoms. The van der Waals surface area contributed by atoms with Crippen LogP contribution in [0.5, 0.6) is 0 Å². The Hall–Kier alpha value is -1.72. The zero-order valence-electron chi connectivity index (χ0n) is 12.9. The van der Waals surface area contributed by atoms with Gasteiger partial charge in [0, 0.05) is 17.7 Å². The zero-order valence-corrected chi connectivity index (χ0v) is 13.7. The van der Waals surface area contributed by atoms with Crippen LogP contribution in [0.4, 0.5) is 5.82 Å². The van der Waals surface area contributed by atoms with E-state index in [9.17, 15) is 13.5 Å². The van der Waals surface area contributed by atoms with Crippen molar-refractivity contribution in [1.29, 1.82) is 5.26 Å². The average Bonchev–Trinajstić information content (AvgIpc) is 2.43. The summed E-state index contributed by atoms with van der Waals surface area (Å²) >= 11 is 0. The summed E-state index contributed by atoms with van der Waals surface area (Å²) in [5.74, 6) is 0.199. The number of rotatable bonds is 3. The lowest BCUT2D eigenvalue weighted by Gasteiger charge is -2.43. The van der Waals surface area contributed by atoms with Gasteiger partial charge in [0.15, 0.2) is 0 Å². The van der Waals surface area contributed by atoms with Gasteiger partial charge in [-0.25, -0.2) is 13.4 Å². The lowest BCUT2D eigenvalue weighted by molar-refractivity contribution is 0.00450. The van der Waals surface area contributed by atoms with Gasteiger partial charge in [0.05, 0.1) is 12.3 Å². The first-order valence-corrected chi connectivity index (χ1v) is 8.97. The minimum Gasteiger partial charge on any atom is -0.392 e. The predicted octanol–water partition coefficient (Wildman–Crippen LogP) is 1.10. The molecule has 1 heterocycles. The van der Waals surface area contributed by atoms with E-state index in [1.165, 1.54) is 6.20 Å². The molecule has 0 aliphatic heterocycles. The van der Waals surface area contributed by atoms with Gasteiger partial charge in [-0.15, -0.1) is 0 Å². The molecule has 0 radical (unpaired) electrons. The number of aliphatic hydroxyl groups is 1. The van der Waals surface area contributed by atoms with Crippen LogP contribution in [0.25, 0.3) is 0 Å².